The molecule has 7 heterocycles. The zero-order valence-electron chi connectivity index (χ0n) is 83.9. The number of esters is 6. The van der Waals surface area contributed by atoms with E-state index in [1.165, 1.54) is 40.3 Å². The Kier molecular flexibility index (Phi) is 62.6. The molecule has 5 unspecified atom stereocenters. The van der Waals surface area contributed by atoms with E-state index in [1.54, 1.807) is 67.5 Å². The number of halogens is 3. The van der Waals surface area contributed by atoms with Gasteiger partial charge in [-0.3, -0.25) is 33.8 Å². The minimum absolute atomic E-state index is 0. The summed E-state index contributed by atoms with van der Waals surface area (Å²) in [4.78, 5) is 112. The number of likely N-dealkylation sites (tertiary alicyclic amines) is 4. The van der Waals surface area contributed by atoms with E-state index in [2.05, 4.69) is 147 Å². The second kappa shape index (κ2) is 68.8. The summed E-state index contributed by atoms with van der Waals surface area (Å²) in [5, 5.41) is 9.69. The first-order valence-corrected chi connectivity index (χ1v) is 47.2. The molecule has 7 fully saturated rings. The van der Waals surface area contributed by atoms with Crippen LogP contribution in [0.3, 0.4) is 0 Å². The van der Waals surface area contributed by atoms with Crippen molar-refractivity contribution in [1.82, 2.24) is 35.6 Å². The molecule has 34 heteroatoms. The van der Waals surface area contributed by atoms with E-state index < -0.39 is 17.3 Å². The Balaban J connectivity index is 0.000000544. The SMILES string of the molecule is CCOC(=O)C=C1CCN(C(=O)OC(C)(C)C)CC1OC.CCOC(=O)C=C1CCNCC1OC.CCOC(=O)CC1CCNCC1OC.CCOC(=O)C[C@@H]1CCN(C(c2ccccc2)c2ccccc2)C[C@@H]1OC.CCOC(=O)C[C@@H]1CCN(C(c2ccccc2)c2ccccc2)C[C@@H]1OC.CCOC(=O)C[C@@H]1CCNC[C@@H]1OC.COC1CN(C(=O)OC(C)(C)C)CCC1=O.Cl.Cl.Cl. The van der Waals surface area contributed by atoms with Crippen LogP contribution < -0.4 is 16.0 Å². The molecule has 7 aliphatic rings. The molecule has 3 N–H and O–H groups in total. The molecule has 768 valence electrons. The van der Waals surface area contributed by atoms with Crippen molar-refractivity contribution in [2.24, 2.45) is 23.7 Å². The molecule has 0 radical (unpaired) electrons. The number of nitrogens with zero attached hydrogens (tertiary/aromatic N) is 4. The number of carbonyl (C=O) groups is 9. The van der Waals surface area contributed by atoms with Crippen LogP contribution in [0.25, 0.3) is 0 Å². The summed E-state index contributed by atoms with van der Waals surface area (Å²) >= 11 is 0. The number of nitrogens with one attached hydrogen (secondary N) is 3. The lowest BCUT2D eigenvalue weighted by atomic mass is 9.87. The number of ether oxygens (including phenoxy) is 15. The summed E-state index contributed by atoms with van der Waals surface area (Å²) < 4.78 is 78.3. The first-order valence-electron chi connectivity index (χ1n) is 47.2. The number of amides is 2. The Labute approximate surface area is 827 Å². The predicted octanol–water partition coefficient (Wildman–Crippen LogP) is 14.4. The highest BCUT2D eigenvalue weighted by Gasteiger charge is 2.40. The van der Waals surface area contributed by atoms with Gasteiger partial charge in [0.25, 0.3) is 0 Å². The molecular weight excluding hydrogens is 1810 g/mol. The van der Waals surface area contributed by atoms with Gasteiger partial charge in [0.2, 0.25) is 0 Å². The van der Waals surface area contributed by atoms with Crippen LogP contribution in [0, 0.1) is 23.7 Å². The molecule has 7 saturated heterocycles. The van der Waals surface area contributed by atoms with Crippen LogP contribution in [0.5, 0.6) is 0 Å². The van der Waals surface area contributed by atoms with Crippen molar-refractivity contribution >= 4 is 91.0 Å². The van der Waals surface area contributed by atoms with E-state index in [-0.39, 0.29) is 158 Å². The maximum absolute atomic E-state index is 12.0. The Bertz CT molecular complexity index is 3840. The summed E-state index contributed by atoms with van der Waals surface area (Å²) in [7, 11) is 11.5. The lowest BCUT2D eigenvalue weighted by Crippen LogP contribution is -2.49. The third kappa shape index (κ3) is 45.8. The quantitative estimate of drug-likeness (QED) is 0.0258. The third-order valence-electron chi connectivity index (χ3n) is 23.4. The van der Waals surface area contributed by atoms with E-state index >= 15 is 0 Å². The number of benzene rings is 4. The van der Waals surface area contributed by atoms with Gasteiger partial charge in [-0.2, -0.15) is 0 Å². The second-order valence-electron chi connectivity index (χ2n) is 35.1. The van der Waals surface area contributed by atoms with Gasteiger partial charge in [0, 0.05) is 114 Å². The Morgan fingerprint density at radius 1 is 0.353 bits per heavy atom. The molecule has 0 aliphatic carbocycles. The number of piperidine rings is 7. The molecule has 4 aromatic carbocycles. The molecule has 4 aromatic rings. The van der Waals surface area contributed by atoms with Crippen molar-refractivity contribution in [2.45, 2.75) is 220 Å². The summed E-state index contributed by atoms with van der Waals surface area (Å²) in [5.41, 5.74) is 5.94. The van der Waals surface area contributed by atoms with E-state index in [1.807, 2.05) is 69.2 Å². The summed E-state index contributed by atoms with van der Waals surface area (Å²) in [6, 6.07) is 42.8. The van der Waals surface area contributed by atoms with Gasteiger partial charge in [0.05, 0.1) is 127 Å². The maximum atomic E-state index is 12.0. The highest BCUT2D eigenvalue weighted by molar-refractivity contribution is 5.87. The summed E-state index contributed by atoms with van der Waals surface area (Å²) in [5.74, 6) is -0.0474. The fraction of sp³-hybridized carbons (Fsp3) is 0.637. The van der Waals surface area contributed by atoms with Crippen LogP contribution in [-0.2, 0) is 105 Å². The van der Waals surface area contributed by atoms with Crippen molar-refractivity contribution in [3.05, 3.63) is 167 Å². The van der Waals surface area contributed by atoms with Gasteiger partial charge in [-0.25, -0.2) is 19.2 Å². The van der Waals surface area contributed by atoms with Crippen LogP contribution in [0.1, 0.15) is 188 Å². The Morgan fingerprint density at radius 2 is 0.654 bits per heavy atom. The van der Waals surface area contributed by atoms with Crippen molar-refractivity contribution < 1.29 is 114 Å². The van der Waals surface area contributed by atoms with Crippen LogP contribution in [-0.4, -0.2) is 308 Å². The maximum Gasteiger partial charge on any atom is 0.410 e. The highest BCUT2D eigenvalue weighted by atomic mass is 35.5. The fourth-order valence-corrected chi connectivity index (χ4v) is 16.8. The normalized spacial score (nSPS) is 22.2. The first-order chi connectivity index (χ1) is 63.9. The molecule has 0 bridgehead atoms. The number of ketones is 1. The first kappa shape index (κ1) is 124. The fourth-order valence-electron chi connectivity index (χ4n) is 16.8. The molecule has 0 spiro atoms. The zero-order valence-corrected chi connectivity index (χ0v) is 86.4. The Morgan fingerprint density at radius 3 is 0.963 bits per heavy atom. The molecule has 2 amide bonds. The molecule has 0 aromatic heterocycles. The number of rotatable bonds is 29. The smallest absolute Gasteiger partial charge is 0.410 e. The van der Waals surface area contributed by atoms with E-state index in [9.17, 15) is 43.2 Å². The van der Waals surface area contributed by atoms with Gasteiger partial charge in [-0.15, -0.1) is 37.2 Å². The van der Waals surface area contributed by atoms with Crippen molar-refractivity contribution in [3.8, 4) is 0 Å². The summed E-state index contributed by atoms with van der Waals surface area (Å²) in [6.07, 6.45) is 9.18. The second-order valence-corrected chi connectivity index (χ2v) is 35.1. The monoisotopic (exact) mass is 1970 g/mol. The van der Waals surface area contributed by atoms with Crippen molar-refractivity contribution in [3.63, 3.8) is 0 Å². The number of carbonyl (C=O) groups excluding carboxylic acids is 9. The molecule has 7 aliphatic heterocycles. The van der Waals surface area contributed by atoms with Crippen molar-refractivity contribution in [2.75, 3.05) is 181 Å². The predicted molar refractivity (Wildman–Crippen MR) is 530 cm³/mol. The number of hydrogen-bond donors (Lipinski definition) is 3. The summed E-state index contributed by atoms with van der Waals surface area (Å²) in [6.45, 7) is 34.6. The highest BCUT2D eigenvalue weighted by Crippen LogP contribution is 2.37. The topological polar surface area (TPSA) is 341 Å². The van der Waals surface area contributed by atoms with Crippen LogP contribution in [0.15, 0.2) is 145 Å². The van der Waals surface area contributed by atoms with Crippen LogP contribution in [0.4, 0.5) is 9.59 Å². The minimum atomic E-state index is -0.527. The number of hydrogen-bond acceptors (Lipinski definition) is 29. The van der Waals surface area contributed by atoms with Gasteiger partial charge in [-0.05, 0) is 211 Å². The lowest BCUT2D eigenvalue weighted by molar-refractivity contribution is -0.147. The molecular formula is C102H160Cl3N7O24. The lowest BCUT2D eigenvalue weighted by Gasteiger charge is -2.42. The van der Waals surface area contributed by atoms with Gasteiger partial charge in [-0.1, -0.05) is 121 Å². The van der Waals surface area contributed by atoms with Crippen molar-refractivity contribution in [1.29, 1.82) is 0 Å². The molecule has 136 heavy (non-hydrogen) atoms. The molecule has 11 rings (SSSR count). The minimum Gasteiger partial charge on any atom is -0.466 e. The van der Waals surface area contributed by atoms with Crippen LogP contribution >= 0.6 is 37.2 Å². The molecule has 0 saturated carbocycles. The molecule has 31 nitrogen and oxygen atoms in total. The molecule has 11 atom stereocenters. The van der Waals surface area contributed by atoms with E-state index in [4.69, 9.17) is 71.1 Å². The third-order valence-corrected chi connectivity index (χ3v) is 23.4. The average Bonchev–Trinajstić information content (AvgIpc) is 0.804. The van der Waals surface area contributed by atoms with E-state index in [0.717, 1.165) is 109 Å². The van der Waals surface area contributed by atoms with Gasteiger partial charge < -0.3 is 96.8 Å². The standard InChI is InChI=1S/2C23H29NO3.C15H25NO5.C11H19NO4.2C10H19NO3.C10H17NO3.3ClH/c2*1-3-27-22(25)16-20-14-15-24(17-21(20)26-2)23(18-10-6-4-7-11-18)19-12-8-5-9-13-19;1-6-20-13(17)9-11-7-8-16(10-12(11)19-5)14(18)21-15(2,3)4;1-11(2,3)16-10(14)12-6-5-8(13)9(7-12)15-4;3*1-3-14-10(12)6-8-4-5-11-7-9(8)13-2;;;/h2*4-13,20-21,23H,3,14-17H2,1-2H3;9,12H,6-8,10H2,1-5H3;9H,5-7H2,1-4H3;2*8-9,11H,3-7H2,1-2H3;6,9,11H,3-5,7H2,1-2H3;3*1H/t2*20-,21-;;;8-,9-;;;;;/m00..0...../s1. The number of methoxy groups -OCH3 is 7. The Hall–Kier alpha value is -8.22. The van der Waals surface area contributed by atoms with Gasteiger partial charge >= 0.3 is 48.0 Å². The zero-order chi connectivity index (χ0) is 97.7. The largest absolute Gasteiger partial charge is 0.466 e. The van der Waals surface area contributed by atoms with Gasteiger partial charge in [0.1, 0.15) is 17.3 Å². The van der Waals surface area contributed by atoms with E-state index in [0.29, 0.717) is 110 Å². The number of Topliss-reactive ketones (excluding diaryl/α,β-unsaturated/α-hetero) is 1. The average molecular weight is 1970 g/mol. The van der Waals surface area contributed by atoms with Crippen LogP contribution in [0.2, 0.25) is 0 Å². The van der Waals surface area contributed by atoms with Gasteiger partial charge in [0.15, 0.2) is 5.78 Å².